The summed E-state index contributed by atoms with van der Waals surface area (Å²) in [6.45, 7) is 4.38. The van der Waals surface area contributed by atoms with E-state index in [9.17, 15) is 13.9 Å². The lowest BCUT2D eigenvalue weighted by atomic mass is 10.0. The van der Waals surface area contributed by atoms with E-state index in [0.717, 1.165) is 5.56 Å². The van der Waals surface area contributed by atoms with Gasteiger partial charge in [-0.3, -0.25) is 4.90 Å². The van der Waals surface area contributed by atoms with Crippen LogP contribution in [0.3, 0.4) is 0 Å². The number of aromatic hydroxyl groups is 1. The smallest absolute Gasteiger partial charge is 0.258 e. The molecule has 0 aromatic heterocycles. The van der Waals surface area contributed by atoms with Crippen LogP contribution in [-0.2, 0) is 0 Å². The maximum atomic E-state index is 13.3. The molecule has 3 nitrogen and oxygen atoms in total. The molecule has 2 N–H and O–H groups in total. The molecule has 18 heavy (non-hydrogen) atoms. The third-order valence-electron chi connectivity index (χ3n) is 3.29. The van der Waals surface area contributed by atoms with Gasteiger partial charge >= 0.3 is 0 Å². The van der Waals surface area contributed by atoms with Gasteiger partial charge in [-0.1, -0.05) is 12.1 Å². The molecule has 5 heteroatoms. The van der Waals surface area contributed by atoms with Crippen LogP contribution in [0.1, 0.15) is 17.2 Å². The molecule has 1 heterocycles. The minimum absolute atomic E-state index is 0.0427. The van der Waals surface area contributed by atoms with Crippen molar-refractivity contribution in [3.05, 3.63) is 29.3 Å². The van der Waals surface area contributed by atoms with Gasteiger partial charge in [-0.15, -0.1) is 0 Å². The molecule has 0 radical (unpaired) electrons. The molecule has 1 saturated heterocycles. The van der Waals surface area contributed by atoms with Gasteiger partial charge in [0.15, 0.2) is 0 Å². The number of rotatable bonds is 3. The van der Waals surface area contributed by atoms with Crippen molar-refractivity contribution in [3.8, 4) is 5.75 Å². The number of hydrogen-bond donors (Lipinski definition) is 2. The molecule has 2 rings (SSSR count). The summed E-state index contributed by atoms with van der Waals surface area (Å²) in [6.07, 6.45) is -2.50. The Morgan fingerprint density at radius 2 is 1.94 bits per heavy atom. The highest BCUT2D eigenvalue weighted by atomic mass is 19.3. The average Bonchev–Trinajstić information content (AvgIpc) is 2.33. The van der Waals surface area contributed by atoms with Gasteiger partial charge in [-0.25, -0.2) is 8.78 Å². The number of piperazine rings is 1. The molecule has 0 saturated carbocycles. The molecule has 1 fully saturated rings. The lowest BCUT2D eigenvalue weighted by Crippen LogP contribution is -2.46. The predicted molar refractivity (Wildman–Crippen MR) is 66.0 cm³/mol. The summed E-state index contributed by atoms with van der Waals surface area (Å²) in [5, 5.41) is 13.0. The second-order valence-electron chi connectivity index (χ2n) is 4.63. The molecule has 0 unspecified atom stereocenters. The Balaban J connectivity index is 2.28. The number of hydrogen-bond acceptors (Lipinski definition) is 3. The van der Waals surface area contributed by atoms with E-state index >= 15 is 0 Å². The number of nitrogens with zero attached hydrogens (tertiary/aromatic N) is 1. The Kier molecular flexibility index (Phi) is 4.14. The number of nitrogens with one attached hydrogen (secondary N) is 1. The normalized spacial score (nSPS) is 19.1. The topological polar surface area (TPSA) is 35.5 Å². The van der Waals surface area contributed by atoms with Gasteiger partial charge in [0.05, 0.1) is 6.04 Å². The summed E-state index contributed by atoms with van der Waals surface area (Å²) in [5.74, 6) is -0.0427. The summed E-state index contributed by atoms with van der Waals surface area (Å²) in [6, 6.07) is 3.87. The SMILES string of the molecule is Cc1ccc([C@H](C(F)F)N2CCNCC2)c(O)c1. The molecule has 0 bridgehead atoms. The summed E-state index contributed by atoms with van der Waals surface area (Å²) in [7, 11) is 0. The summed E-state index contributed by atoms with van der Waals surface area (Å²) in [5.41, 5.74) is 1.18. The fourth-order valence-corrected chi connectivity index (χ4v) is 2.36. The zero-order valence-electron chi connectivity index (χ0n) is 10.4. The first kappa shape index (κ1) is 13.2. The number of benzene rings is 1. The zero-order valence-corrected chi connectivity index (χ0v) is 10.4. The zero-order chi connectivity index (χ0) is 13.1. The fourth-order valence-electron chi connectivity index (χ4n) is 2.36. The molecule has 1 aliphatic heterocycles. The van der Waals surface area contributed by atoms with Crippen LogP contribution in [0.2, 0.25) is 0 Å². The first-order chi connectivity index (χ1) is 8.59. The van der Waals surface area contributed by atoms with E-state index in [1.54, 1.807) is 17.0 Å². The van der Waals surface area contributed by atoms with Crippen LogP contribution in [0.25, 0.3) is 0 Å². The summed E-state index contributed by atoms with van der Waals surface area (Å²) in [4.78, 5) is 1.73. The number of phenolic OH excluding ortho intramolecular Hbond substituents is 1. The maximum Gasteiger partial charge on any atom is 0.258 e. The van der Waals surface area contributed by atoms with Crippen LogP contribution in [0.15, 0.2) is 18.2 Å². The molecular weight excluding hydrogens is 238 g/mol. The van der Waals surface area contributed by atoms with Gasteiger partial charge in [0.2, 0.25) is 0 Å². The minimum Gasteiger partial charge on any atom is -0.508 e. The van der Waals surface area contributed by atoms with Crippen molar-refractivity contribution in [1.82, 2.24) is 10.2 Å². The fraction of sp³-hybridized carbons (Fsp3) is 0.538. The Hall–Kier alpha value is -1.20. The predicted octanol–water partition coefficient (Wildman–Crippen LogP) is 1.91. The first-order valence-corrected chi connectivity index (χ1v) is 6.12. The number of aryl methyl sites for hydroxylation is 1. The highest BCUT2D eigenvalue weighted by Crippen LogP contribution is 2.34. The Morgan fingerprint density at radius 1 is 1.28 bits per heavy atom. The Morgan fingerprint density at radius 3 is 2.50 bits per heavy atom. The van der Waals surface area contributed by atoms with Crippen molar-refractivity contribution in [3.63, 3.8) is 0 Å². The molecule has 0 amide bonds. The highest BCUT2D eigenvalue weighted by Gasteiger charge is 2.31. The van der Waals surface area contributed by atoms with Crippen LogP contribution in [0, 0.1) is 6.92 Å². The number of phenols is 1. The quantitative estimate of drug-likeness (QED) is 0.867. The van der Waals surface area contributed by atoms with Gasteiger partial charge in [0, 0.05) is 31.7 Å². The lowest BCUT2D eigenvalue weighted by molar-refractivity contribution is 0.0170. The van der Waals surface area contributed by atoms with E-state index < -0.39 is 12.5 Å². The van der Waals surface area contributed by atoms with Crippen LogP contribution in [0.5, 0.6) is 5.75 Å². The van der Waals surface area contributed by atoms with Crippen molar-refractivity contribution < 1.29 is 13.9 Å². The van der Waals surface area contributed by atoms with Crippen molar-refractivity contribution in [2.75, 3.05) is 26.2 Å². The van der Waals surface area contributed by atoms with E-state index in [0.29, 0.717) is 31.7 Å². The third-order valence-corrected chi connectivity index (χ3v) is 3.29. The molecule has 1 aromatic carbocycles. The van der Waals surface area contributed by atoms with Gasteiger partial charge < -0.3 is 10.4 Å². The van der Waals surface area contributed by atoms with E-state index in [4.69, 9.17) is 0 Å². The van der Waals surface area contributed by atoms with E-state index in [1.165, 1.54) is 6.07 Å². The summed E-state index contributed by atoms with van der Waals surface area (Å²) < 4.78 is 26.6. The van der Waals surface area contributed by atoms with Crippen molar-refractivity contribution >= 4 is 0 Å². The van der Waals surface area contributed by atoms with Crippen molar-refractivity contribution in [2.45, 2.75) is 19.4 Å². The van der Waals surface area contributed by atoms with Crippen molar-refractivity contribution in [2.24, 2.45) is 0 Å². The highest BCUT2D eigenvalue weighted by molar-refractivity contribution is 5.38. The van der Waals surface area contributed by atoms with Crippen LogP contribution < -0.4 is 5.32 Å². The third kappa shape index (κ3) is 2.79. The number of halogens is 2. The van der Waals surface area contributed by atoms with Crippen LogP contribution >= 0.6 is 0 Å². The lowest BCUT2D eigenvalue weighted by Gasteiger charge is -2.34. The van der Waals surface area contributed by atoms with Gasteiger partial charge in [0.1, 0.15) is 5.75 Å². The molecular formula is C13H18F2N2O. The van der Waals surface area contributed by atoms with Gasteiger partial charge in [-0.05, 0) is 18.6 Å². The van der Waals surface area contributed by atoms with E-state index in [2.05, 4.69) is 5.32 Å². The largest absolute Gasteiger partial charge is 0.508 e. The number of alkyl halides is 2. The Labute approximate surface area is 105 Å². The van der Waals surface area contributed by atoms with Crippen molar-refractivity contribution in [1.29, 1.82) is 0 Å². The standard InChI is InChI=1S/C13H18F2N2O/c1-9-2-3-10(11(18)8-9)12(13(14)15)17-6-4-16-5-7-17/h2-3,8,12-13,16,18H,4-7H2,1H3/t12-/m1/s1. The molecule has 0 aliphatic carbocycles. The second-order valence-corrected chi connectivity index (χ2v) is 4.63. The van der Waals surface area contributed by atoms with Crippen LogP contribution in [0.4, 0.5) is 8.78 Å². The van der Waals surface area contributed by atoms with E-state index in [-0.39, 0.29) is 5.75 Å². The minimum atomic E-state index is -2.50. The molecule has 0 spiro atoms. The molecule has 1 aliphatic rings. The first-order valence-electron chi connectivity index (χ1n) is 6.12. The molecule has 1 aromatic rings. The molecule has 100 valence electrons. The maximum absolute atomic E-state index is 13.3. The van der Waals surface area contributed by atoms with Gasteiger partial charge in [0.25, 0.3) is 6.43 Å². The molecule has 1 atom stereocenters. The van der Waals surface area contributed by atoms with Gasteiger partial charge in [-0.2, -0.15) is 0 Å². The Bertz CT molecular complexity index is 406. The second kappa shape index (κ2) is 5.63. The monoisotopic (exact) mass is 256 g/mol. The van der Waals surface area contributed by atoms with E-state index in [1.807, 2.05) is 6.92 Å². The van der Waals surface area contributed by atoms with Crippen LogP contribution in [-0.4, -0.2) is 42.6 Å². The average molecular weight is 256 g/mol. The summed E-state index contributed by atoms with van der Waals surface area (Å²) >= 11 is 0.